The number of phosphoric acid groups is 2. The first kappa shape index (κ1) is 96.9. The van der Waals surface area contributed by atoms with Crippen molar-refractivity contribution in [3.8, 4) is 0 Å². The number of hydrogen-bond acceptors (Lipinski definition) is 15. The lowest BCUT2D eigenvalue weighted by Crippen LogP contribution is -2.30. The Balaban J connectivity index is 5.43. The normalized spacial score (nSPS) is 14.7. The zero-order valence-corrected chi connectivity index (χ0v) is 65.3. The van der Waals surface area contributed by atoms with E-state index in [2.05, 4.69) is 174 Å². The van der Waals surface area contributed by atoms with Crippen LogP contribution in [-0.2, 0) is 65.4 Å². The van der Waals surface area contributed by atoms with Gasteiger partial charge in [0, 0.05) is 25.7 Å². The molecule has 0 heterocycles. The Labute approximate surface area is 617 Å². The van der Waals surface area contributed by atoms with Gasteiger partial charge >= 0.3 is 39.5 Å². The number of aliphatic hydroxyl groups is 1. The van der Waals surface area contributed by atoms with Gasteiger partial charge in [0.25, 0.3) is 0 Å². The summed E-state index contributed by atoms with van der Waals surface area (Å²) >= 11 is 0. The van der Waals surface area contributed by atoms with Gasteiger partial charge in [-0.1, -0.05) is 257 Å². The predicted octanol–water partition coefficient (Wildman–Crippen LogP) is 22.7. The van der Waals surface area contributed by atoms with Crippen LogP contribution in [0.25, 0.3) is 0 Å². The lowest BCUT2D eigenvalue weighted by molar-refractivity contribution is -0.161. The van der Waals surface area contributed by atoms with Crippen molar-refractivity contribution in [3.05, 3.63) is 146 Å². The smallest absolute Gasteiger partial charge is 0.462 e. The third-order valence-electron chi connectivity index (χ3n) is 15.8. The van der Waals surface area contributed by atoms with Gasteiger partial charge in [0.05, 0.1) is 26.4 Å². The standard InChI is InChI=1S/C83H138O17P2/c1-5-9-13-17-21-25-29-33-37-38-42-44-48-52-56-60-64-68-81(86)94-74-79(100-83(88)70-66-62-58-54-50-46-41-36-32-28-24-20-16-12-8-4)76-98-102(91,92)96-72-77(84)71-95-101(89,90)97-75-78(99-82(87)69-65-61-57-53-49-45-40-35-31-27-23-19-15-11-7-3)73-93-80(85)67-63-59-55-51-47-43-39-34-30-26-22-18-14-10-6-2/h9-11,13-15,21-28,33-37,39-42,44,77-79,84H,5-8,12,16-20,29-32,38,43,45-76H2,1-4H3,(H,89,90)(H,91,92)/b13-9-,14-10-,15-11-,25-21-,26-22-,27-23-,28-24-,37-33-,39-34-,40-35-,41-36-,44-42-. The minimum atomic E-state index is -4.99. The van der Waals surface area contributed by atoms with Crippen molar-refractivity contribution in [2.24, 2.45) is 0 Å². The van der Waals surface area contributed by atoms with Crippen LogP contribution in [0, 0.1) is 0 Å². The van der Waals surface area contributed by atoms with E-state index in [0.717, 1.165) is 199 Å². The van der Waals surface area contributed by atoms with E-state index in [4.69, 9.17) is 37.0 Å². The average Bonchev–Trinajstić information content (AvgIpc) is 0.923. The van der Waals surface area contributed by atoms with E-state index >= 15 is 0 Å². The zero-order chi connectivity index (χ0) is 74.6. The summed E-state index contributed by atoms with van der Waals surface area (Å²) in [6, 6.07) is 0. The molecule has 0 aromatic carbocycles. The lowest BCUT2D eigenvalue weighted by Gasteiger charge is -2.21. The highest BCUT2D eigenvalue weighted by Gasteiger charge is 2.30. The fraction of sp³-hybridized carbons (Fsp3) is 0.663. The predicted molar refractivity (Wildman–Crippen MR) is 417 cm³/mol. The van der Waals surface area contributed by atoms with Gasteiger partial charge in [-0.05, 0) is 161 Å². The summed E-state index contributed by atoms with van der Waals surface area (Å²) in [5.41, 5.74) is 0. The van der Waals surface area contributed by atoms with Crippen molar-refractivity contribution in [2.75, 3.05) is 39.6 Å². The molecule has 0 aliphatic carbocycles. The molecule has 0 bridgehead atoms. The largest absolute Gasteiger partial charge is 0.472 e. The monoisotopic (exact) mass is 1470 g/mol. The van der Waals surface area contributed by atoms with E-state index in [0.29, 0.717) is 25.7 Å². The highest BCUT2D eigenvalue weighted by atomic mass is 31.2. The van der Waals surface area contributed by atoms with Gasteiger partial charge in [-0.25, -0.2) is 9.13 Å². The molecule has 0 aromatic heterocycles. The second-order valence-electron chi connectivity index (χ2n) is 25.5. The third kappa shape index (κ3) is 73.3. The number of hydrogen-bond donors (Lipinski definition) is 3. The van der Waals surface area contributed by atoms with Crippen LogP contribution in [0.5, 0.6) is 0 Å². The van der Waals surface area contributed by atoms with Crippen LogP contribution in [0.1, 0.15) is 297 Å². The summed E-state index contributed by atoms with van der Waals surface area (Å²) in [5.74, 6) is -2.26. The molecule has 0 aliphatic rings. The summed E-state index contributed by atoms with van der Waals surface area (Å²) in [4.78, 5) is 73.0. The van der Waals surface area contributed by atoms with Crippen LogP contribution in [0.2, 0.25) is 0 Å². The maximum atomic E-state index is 13.1. The maximum Gasteiger partial charge on any atom is 0.472 e. The molecular weight excluding hydrogens is 1330 g/mol. The van der Waals surface area contributed by atoms with Crippen molar-refractivity contribution in [1.82, 2.24) is 0 Å². The topological polar surface area (TPSA) is 237 Å². The van der Waals surface area contributed by atoms with Crippen molar-refractivity contribution in [2.45, 2.75) is 316 Å². The molecule has 3 N–H and O–H groups in total. The number of phosphoric ester groups is 2. The first-order valence-corrected chi connectivity index (χ1v) is 42.1. The number of carbonyl (C=O) groups is 4. The third-order valence-corrected chi connectivity index (χ3v) is 17.7. The molecule has 5 atom stereocenters. The minimum absolute atomic E-state index is 0.0668. The molecule has 0 spiro atoms. The second-order valence-corrected chi connectivity index (χ2v) is 28.4. The first-order chi connectivity index (χ1) is 49.7. The molecule has 0 radical (unpaired) electrons. The maximum absolute atomic E-state index is 13.1. The van der Waals surface area contributed by atoms with E-state index in [1.54, 1.807) is 0 Å². The number of unbranched alkanes of at least 4 members (excludes halogenated alkanes) is 22. The van der Waals surface area contributed by atoms with Crippen LogP contribution in [-0.4, -0.2) is 96.7 Å². The number of rotatable bonds is 72. The summed E-state index contributed by atoms with van der Waals surface area (Å²) in [6.07, 6.45) is 84.0. The van der Waals surface area contributed by atoms with E-state index < -0.39 is 97.5 Å². The molecule has 5 unspecified atom stereocenters. The summed E-state index contributed by atoms with van der Waals surface area (Å²) in [5, 5.41) is 10.6. The number of allylic oxidation sites excluding steroid dienone is 24. The van der Waals surface area contributed by atoms with E-state index in [1.807, 2.05) is 0 Å². The molecular formula is C83H138O17P2. The van der Waals surface area contributed by atoms with Crippen LogP contribution in [0.15, 0.2) is 146 Å². The second kappa shape index (κ2) is 74.2. The van der Waals surface area contributed by atoms with Crippen LogP contribution in [0.3, 0.4) is 0 Å². The Bertz CT molecular complexity index is 2510. The van der Waals surface area contributed by atoms with Gasteiger partial charge in [0.1, 0.15) is 19.3 Å². The molecule has 0 aliphatic heterocycles. The molecule has 0 aromatic rings. The van der Waals surface area contributed by atoms with E-state index in [9.17, 15) is 43.2 Å². The molecule has 0 saturated heterocycles. The Hall–Kier alpha value is -5.06. The van der Waals surface area contributed by atoms with Crippen LogP contribution < -0.4 is 0 Å². The van der Waals surface area contributed by atoms with Gasteiger partial charge in [-0.15, -0.1) is 0 Å². The van der Waals surface area contributed by atoms with Crippen molar-refractivity contribution in [1.29, 1.82) is 0 Å². The van der Waals surface area contributed by atoms with Gasteiger partial charge in [-0.2, -0.15) is 0 Å². The molecule has 17 nitrogen and oxygen atoms in total. The van der Waals surface area contributed by atoms with E-state index in [-0.39, 0.29) is 25.7 Å². The van der Waals surface area contributed by atoms with Crippen molar-refractivity contribution < 1.29 is 80.2 Å². The molecule has 102 heavy (non-hydrogen) atoms. The molecule has 0 amide bonds. The zero-order valence-electron chi connectivity index (χ0n) is 63.5. The molecule has 582 valence electrons. The average molecular weight is 1470 g/mol. The SMILES string of the molecule is CC/C=C\C/C=C\C/C=C\C/C=C\CCCCCCC(=O)OCC(COP(=O)(O)OCC(O)COP(=O)(O)OCC(COC(=O)CCCCCCC/C=C\C/C=C\C/C=C\CC)OC(=O)CCCCCCC/C=C\C/C=C\C/C=C\CC)OC(=O)CCCCCCC/C=C\C/C=C\CCCCC. The van der Waals surface area contributed by atoms with Gasteiger partial charge in [0.2, 0.25) is 0 Å². The Morgan fingerprint density at radius 2 is 0.510 bits per heavy atom. The van der Waals surface area contributed by atoms with Crippen molar-refractivity contribution >= 4 is 39.5 Å². The minimum Gasteiger partial charge on any atom is -0.462 e. The quantitative estimate of drug-likeness (QED) is 0.0169. The summed E-state index contributed by atoms with van der Waals surface area (Å²) < 4.78 is 68.5. The Morgan fingerprint density at radius 3 is 0.784 bits per heavy atom. The fourth-order valence-electron chi connectivity index (χ4n) is 9.92. The van der Waals surface area contributed by atoms with Gasteiger partial charge in [-0.3, -0.25) is 37.3 Å². The number of ether oxygens (including phenoxy) is 4. The molecule has 0 saturated carbocycles. The lowest BCUT2D eigenvalue weighted by atomic mass is 10.1. The van der Waals surface area contributed by atoms with E-state index in [1.165, 1.54) is 19.3 Å². The highest BCUT2D eigenvalue weighted by molar-refractivity contribution is 7.47. The van der Waals surface area contributed by atoms with Crippen molar-refractivity contribution in [3.63, 3.8) is 0 Å². The molecule has 0 fully saturated rings. The summed E-state index contributed by atoms with van der Waals surface area (Å²) in [7, 11) is -9.98. The Kier molecular flexibility index (Phi) is 70.5. The number of aliphatic hydroxyl groups excluding tert-OH is 1. The van der Waals surface area contributed by atoms with Gasteiger partial charge in [0.15, 0.2) is 12.2 Å². The number of esters is 4. The highest BCUT2D eigenvalue weighted by Crippen LogP contribution is 2.45. The fourth-order valence-corrected chi connectivity index (χ4v) is 11.5. The van der Waals surface area contributed by atoms with Crippen LogP contribution >= 0.6 is 15.6 Å². The first-order valence-electron chi connectivity index (χ1n) is 39.1. The summed E-state index contributed by atoms with van der Waals surface area (Å²) in [6.45, 7) is 4.42. The Morgan fingerprint density at radius 1 is 0.284 bits per heavy atom. The number of carbonyl (C=O) groups excluding carboxylic acids is 4. The van der Waals surface area contributed by atoms with Gasteiger partial charge < -0.3 is 33.8 Å². The van der Waals surface area contributed by atoms with Crippen LogP contribution in [0.4, 0.5) is 0 Å². The molecule has 19 heteroatoms. The molecule has 0 rings (SSSR count).